The van der Waals surface area contributed by atoms with Gasteiger partial charge < -0.3 is 15.6 Å². The largest absolute Gasteiger partial charge is 0.359 e. The van der Waals surface area contributed by atoms with Crippen molar-refractivity contribution in [3.05, 3.63) is 12.7 Å². The van der Waals surface area contributed by atoms with Gasteiger partial charge in [-0.25, -0.2) is 23.4 Å². The monoisotopic (exact) mass is 312 g/mol. The highest BCUT2D eigenvalue weighted by Gasteiger charge is 2.28. The molecule has 2 aromatic heterocycles. The van der Waals surface area contributed by atoms with Crippen LogP contribution in [0.1, 0.15) is 6.42 Å². The summed E-state index contributed by atoms with van der Waals surface area (Å²) in [5.74, 6) is 0.815. The molecule has 1 aliphatic heterocycles. The van der Waals surface area contributed by atoms with Crippen LogP contribution in [0.2, 0.25) is 0 Å². The standard InChI is InChI=1S/C10H12N6O2S2/c17-20(18)2-1-6(3-20)15-10(19)16-9-7-8(12-4-11-7)13-5-14-9/h4-6H,1-3H2,(H3,11,12,13,14,15,16,19)/t6-/m0/s1. The third kappa shape index (κ3) is 2.70. The molecule has 0 saturated carbocycles. The van der Waals surface area contributed by atoms with Gasteiger partial charge in [-0.2, -0.15) is 0 Å². The first-order valence-electron chi connectivity index (χ1n) is 5.95. The average Bonchev–Trinajstić information content (AvgIpc) is 2.96. The van der Waals surface area contributed by atoms with Gasteiger partial charge in [0.2, 0.25) is 0 Å². The smallest absolute Gasteiger partial charge is 0.182 e. The van der Waals surface area contributed by atoms with Crippen molar-refractivity contribution in [1.82, 2.24) is 25.3 Å². The van der Waals surface area contributed by atoms with E-state index in [4.69, 9.17) is 12.2 Å². The van der Waals surface area contributed by atoms with Crippen LogP contribution in [0, 0.1) is 0 Å². The number of nitrogens with zero attached hydrogens (tertiary/aromatic N) is 3. The summed E-state index contributed by atoms with van der Waals surface area (Å²) in [6.45, 7) is 0. The molecule has 1 aliphatic rings. The summed E-state index contributed by atoms with van der Waals surface area (Å²) in [5.41, 5.74) is 1.18. The highest BCUT2D eigenvalue weighted by Crippen LogP contribution is 2.15. The van der Waals surface area contributed by atoms with Crippen LogP contribution in [0.3, 0.4) is 0 Å². The normalized spacial score (nSPS) is 20.9. The van der Waals surface area contributed by atoms with Gasteiger partial charge >= 0.3 is 0 Å². The number of thiocarbonyl (C=S) groups is 1. The fourth-order valence-corrected chi connectivity index (χ4v) is 4.03. The van der Waals surface area contributed by atoms with E-state index in [-0.39, 0.29) is 17.5 Å². The van der Waals surface area contributed by atoms with Crippen LogP contribution in [-0.4, -0.2) is 51.0 Å². The molecule has 0 bridgehead atoms. The maximum absolute atomic E-state index is 11.4. The Bertz CT molecular complexity index is 756. The first-order chi connectivity index (χ1) is 9.53. The van der Waals surface area contributed by atoms with E-state index in [9.17, 15) is 8.42 Å². The molecule has 1 fully saturated rings. The number of aromatic amines is 1. The molecule has 0 aromatic carbocycles. The predicted octanol–water partition coefficient (Wildman–Crippen LogP) is -0.174. The zero-order valence-corrected chi connectivity index (χ0v) is 12.0. The van der Waals surface area contributed by atoms with E-state index in [1.165, 1.54) is 12.7 Å². The van der Waals surface area contributed by atoms with Crippen LogP contribution in [0.4, 0.5) is 5.82 Å². The van der Waals surface area contributed by atoms with Gasteiger partial charge in [0.05, 0.1) is 17.8 Å². The molecule has 0 radical (unpaired) electrons. The van der Waals surface area contributed by atoms with Gasteiger partial charge in [-0.05, 0) is 18.6 Å². The quantitative estimate of drug-likeness (QED) is 0.655. The van der Waals surface area contributed by atoms with Crippen LogP contribution in [0.5, 0.6) is 0 Å². The van der Waals surface area contributed by atoms with Gasteiger partial charge in [-0.1, -0.05) is 0 Å². The lowest BCUT2D eigenvalue weighted by Crippen LogP contribution is -2.38. The van der Waals surface area contributed by atoms with Crippen molar-refractivity contribution in [1.29, 1.82) is 0 Å². The summed E-state index contributed by atoms with van der Waals surface area (Å²) >= 11 is 5.17. The Balaban J connectivity index is 1.69. The molecule has 0 unspecified atom stereocenters. The van der Waals surface area contributed by atoms with Crippen LogP contribution in [0.25, 0.3) is 11.2 Å². The molecule has 3 heterocycles. The fourth-order valence-electron chi connectivity index (χ4n) is 2.10. The molecule has 0 amide bonds. The Hall–Kier alpha value is -1.81. The number of H-pyrrole nitrogens is 1. The summed E-state index contributed by atoms with van der Waals surface area (Å²) < 4.78 is 22.8. The molecular weight excluding hydrogens is 300 g/mol. The zero-order valence-electron chi connectivity index (χ0n) is 10.3. The van der Waals surface area contributed by atoms with Crippen molar-refractivity contribution in [3.63, 3.8) is 0 Å². The second-order valence-electron chi connectivity index (χ2n) is 4.52. The fraction of sp³-hybridized carbons (Fsp3) is 0.400. The number of imidazole rings is 1. The molecule has 106 valence electrons. The summed E-state index contributed by atoms with van der Waals surface area (Å²) in [5, 5.41) is 6.25. The molecule has 0 spiro atoms. The van der Waals surface area contributed by atoms with Crippen molar-refractivity contribution in [2.24, 2.45) is 0 Å². The van der Waals surface area contributed by atoms with E-state index in [2.05, 4.69) is 30.6 Å². The maximum Gasteiger partial charge on any atom is 0.182 e. The van der Waals surface area contributed by atoms with Crippen molar-refractivity contribution in [2.75, 3.05) is 16.8 Å². The minimum atomic E-state index is -2.93. The number of rotatable bonds is 2. The van der Waals surface area contributed by atoms with E-state index >= 15 is 0 Å². The Kier molecular flexibility index (Phi) is 3.26. The Morgan fingerprint density at radius 3 is 3.00 bits per heavy atom. The van der Waals surface area contributed by atoms with Crippen LogP contribution in [0.15, 0.2) is 12.7 Å². The number of nitrogens with one attached hydrogen (secondary N) is 3. The predicted molar refractivity (Wildman–Crippen MR) is 78.1 cm³/mol. The van der Waals surface area contributed by atoms with E-state index in [1.807, 2.05) is 0 Å². The lowest BCUT2D eigenvalue weighted by atomic mass is 10.3. The van der Waals surface area contributed by atoms with Crippen LogP contribution >= 0.6 is 12.2 Å². The van der Waals surface area contributed by atoms with Crippen molar-refractivity contribution < 1.29 is 8.42 Å². The van der Waals surface area contributed by atoms with Crippen molar-refractivity contribution in [2.45, 2.75) is 12.5 Å². The number of anilines is 1. The van der Waals surface area contributed by atoms with Crippen molar-refractivity contribution >= 4 is 44.1 Å². The first-order valence-corrected chi connectivity index (χ1v) is 8.18. The van der Waals surface area contributed by atoms with Crippen LogP contribution in [-0.2, 0) is 9.84 Å². The van der Waals surface area contributed by atoms with Gasteiger partial charge in [0.15, 0.2) is 26.4 Å². The molecule has 1 saturated heterocycles. The molecule has 20 heavy (non-hydrogen) atoms. The molecule has 3 N–H and O–H groups in total. The van der Waals surface area contributed by atoms with E-state index < -0.39 is 9.84 Å². The summed E-state index contributed by atoms with van der Waals surface area (Å²) in [7, 11) is -2.93. The highest BCUT2D eigenvalue weighted by atomic mass is 32.2. The SMILES string of the molecule is O=S1(=O)CC[C@H](NC(=S)Nc2ncnc3nc[nH]c23)C1. The summed E-state index contributed by atoms with van der Waals surface area (Å²) in [4.78, 5) is 15.0. The second-order valence-corrected chi connectivity index (χ2v) is 7.16. The highest BCUT2D eigenvalue weighted by molar-refractivity contribution is 7.91. The van der Waals surface area contributed by atoms with Gasteiger partial charge in [0.1, 0.15) is 11.8 Å². The van der Waals surface area contributed by atoms with Gasteiger partial charge in [0.25, 0.3) is 0 Å². The molecule has 8 nitrogen and oxygen atoms in total. The van der Waals surface area contributed by atoms with Crippen molar-refractivity contribution in [3.8, 4) is 0 Å². The Morgan fingerprint density at radius 2 is 2.25 bits per heavy atom. The topological polar surface area (TPSA) is 113 Å². The van der Waals surface area contributed by atoms with Gasteiger partial charge in [-0.15, -0.1) is 0 Å². The minimum absolute atomic E-state index is 0.109. The minimum Gasteiger partial charge on any atom is -0.359 e. The lowest BCUT2D eigenvalue weighted by molar-refractivity contribution is 0.600. The molecule has 10 heteroatoms. The van der Waals surface area contributed by atoms with E-state index in [0.717, 1.165) is 0 Å². The maximum atomic E-state index is 11.4. The molecule has 1 atom stereocenters. The second kappa shape index (κ2) is 4.94. The number of fused-ring (bicyclic) bond motifs is 1. The summed E-state index contributed by atoms with van der Waals surface area (Å²) in [6, 6.07) is -0.154. The van der Waals surface area contributed by atoms with Gasteiger partial charge in [0, 0.05) is 6.04 Å². The Morgan fingerprint density at radius 1 is 1.40 bits per heavy atom. The number of aromatic nitrogens is 4. The van der Waals surface area contributed by atoms with E-state index in [0.29, 0.717) is 28.5 Å². The van der Waals surface area contributed by atoms with E-state index in [1.54, 1.807) is 0 Å². The molecule has 3 rings (SSSR count). The zero-order chi connectivity index (χ0) is 14.2. The average molecular weight is 312 g/mol. The number of hydrogen-bond donors (Lipinski definition) is 3. The lowest BCUT2D eigenvalue weighted by Gasteiger charge is -2.14. The number of hydrogen-bond acceptors (Lipinski definition) is 6. The van der Waals surface area contributed by atoms with Gasteiger partial charge in [-0.3, -0.25) is 0 Å². The third-order valence-corrected chi connectivity index (χ3v) is 5.01. The first kappa shape index (κ1) is 13.2. The Labute approximate surface area is 120 Å². The molecule has 2 aromatic rings. The number of sulfone groups is 1. The summed E-state index contributed by atoms with van der Waals surface area (Å²) in [6.07, 6.45) is 3.46. The third-order valence-electron chi connectivity index (χ3n) is 3.02. The molecular formula is C10H12N6O2S2. The van der Waals surface area contributed by atoms with Crippen LogP contribution < -0.4 is 10.6 Å². The molecule has 0 aliphatic carbocycles.